The number of para-hydroxylation sites is 1. The number of rotatable bonds is 4. The number of fused-ring (bicyclic) bond motifs is 3. The van der Waals surface area contributed by atoms with Gasteiger partial charge in [0.05, 0.1) is 5.69 Å². The number of ether oxygens (including phenoxy) is 1. The quantitative estimate of drug-likeness (QED) is 0.726. The van der Waals surface area contributed by atoms with E-state index in [1.807, 2.05) is 24.3 Å². The zero-order valence-electron chi connectivity index (χ0n) is 14.1. The van der Waals surface area contributed by atoms with Crippen LogP contribution in [0.4, 0.5) is 11.4 Å². The average Bonchev–Trinajstić information content (AvgIpc) is 3.17. The number of carbonyl (C=O) groups is 3. The summed E-state index contributed by atoms with van der Waals surface area (Å²) in [6.45, 7) is -0.407. The van der Waals surface area contributed by atoms with E-state index in [4.69, 9.17) is 4.74 Å². The first-order valence-electron chi connectivity index (χ1n) is 8.33. The number of nitrogens with one attached hydrogen (secondary N) is 1. The lowest BCUT2D eigenvalue weighted by Crippen LogP contribution is -2.48. The first kappa shape index (κ1) is 18.1. The Bertz CT molecular complexity index is 934. The third kappa shape index (κ3) is 3.23. The minimum absolute atomic E-state index is 0.108. The third-order valence-corrected chi connectivity index (χ3v) is 6.44. The van der Waals surface area contributed by atoms with Crippen LogP contribution in [0.15, 0.2) is 57.9 Å². The number of halogens is 1. The molecule has 1 fully saturated rings. The molecule has 2 amide bonds. The Hall–Kier alpha value is -2.32. The Morgan fingerprint density at radius 2 is 1.93 bits per heavy atom. The first-order chi connectivity index (χ1) is 13.0. The molecule has 0 unspecified atom stereocenters. The van der Waals surface area contributed by atoms with Gasteiger partial charge in [0, 0.05) is 27.9 Å². The molecule has 0 spiro atoms. The lowest BCUT2D eigenvalue weighted by molar-refractivity contribution is -0.149. The van der Waals surface area contributed by atoms with Crippen molar-refractivity contribution < 1.29 is 19.1 Å². The van der Waals surface area contributed by atoms with Gasteiger partial charge in [-0.2, -0.15) is 0 Å². The van der Waals surface area contributed by atoms with Gasteiger partial charge in [-0.15, -0.1) is 0 Å². The Morgan fingerprint density at radius 1 is 1.19 bits per heavy atom. The molecule has 4 rings (SSSR count). The van der Waals surface area contributed by atoms with Gasteiger partial charge in [-0.3, -0.25) is 14.5 Å². The molecule has 0 radical (unpaired) electrons. The molecule has 2 aliphatic rings. The molecule has 2 aromatic carbocycles. The third-order valence-electron chi connectivity index (χ3n) is 4.45. The summed E-state index contributed by atoms with van der Waals surface area (Å²) in [7, 11) is 0. The van der Waals surface area contributed by atoms with Gasteiger partial charge in [0.2, 0.25) is 5.91 Å². The van der Waals surface area contributed by atoms with Crippen molar-refractivity contribution in [2.45, 2.75) is 22.6 Å². The van der Waals surface area contributed by atoms with Crippen molar-refractivity contribution in [2.24, 2.45) is 0 Å². The molecule has 2 aromatic rings. The Kier molecular flexibility index (Phi) is 4.69. The summed E-state index contributed by atoms with van der Waals surface area (Å²) in [6.07, 6.45) is 0.639. The van der Waals surface area contributed by atoms with Gasteiger partial charge in [0.15, 0.2) is 11.5 Å². The van der Waals surface area contributed by atoms with Crippen molar-refractivity contribution in [3.05, 3.63) is 53.0 Å². The highest BCUT2D eigenvalue weighted by molar-refractivity contribution is 9.10. The molecule has 6 nitrogen and oxygen atoms in total. The fourth-order valence-corrected chi connectivity index (χ4v) is 4.92. The molecule has 0 aliphatic carbocycles. The molecule has 1 atom stereocenters. The fraction of sp³-hybridized carbons (Fsp3) is 0.211. The van der Waals surface area contributed by atoms with Crippen molar-refractivity contribution in [2.75, 3.05) is 16.8 Å². The van der Waals surface area contributed by atoms with Crippen molar-refractivity contribution in [3.8, 4) is 0 Å². The van der Waals surface area contributed by atoms with Crippen molar-refractivity contribution in [3.63, 3.8) is 0 Å². The number of benzene rings is 2. The smallest absolute Gasteiger partial charge is 0.344 e. The monoisotopic (exact) mass is 446 g/mol. The SMILES string of the molecule is O=C(COC(=O)[C@@]12CCC(=O)N1c1ccccc1S2)Nc1ccc(Br)cc1. The minimum Gasteiger partial charge on any atom is -0.453 e. The van der Waals surface area contributed by atoms with Crippen LogP contribution in [0.25, 0.3) is 0 Å². The summed E-state index contributed by atoms with van der Waals surface area (Å²) in [5, 5.41) is 2.67. The maximum atomic E-state index is 12.8. The lowest BCUT2D eigenvalue weighted by atomic mass is 10.2. The standard InChI is InChI=1S/C19H15BrN2O4S/c20-12-5-7-13(8-6-12)21-16(23)11-26-18(25)19-10-9-17(24)22(19)14-3-1-2-4-15(14)27-19/h1-8H,9-11H2,(H,21,23)/t19-/m0/s1. The van der Waals surface area contributed by atoms with Crippen LogP contribution < -0.4 is 10.2 Å². The maximum absolute atomic E-state index is 12.8. The molecule has 138 valence electrons. The van der Waals surface area contributed by atoms with Gasteiger partial charge in [-0.05, 0) is 36.4 Å². The van der Waals surface area contributed by atoms with Gasteiger partial charge in [0.1, 0.15) is 0 Å². The second-order valence-electron chi connectivity index (χ2n) is 6.21. The van der Waals surface area contributed by atoms with E-state index in [1.165, 1.54) is 16.7 Å². The predicted octanol–water partition coefficient (Wildman–Crippen LogP) is 3.56. The highest BCUT2D eigenvalue weighted by Crippen LogP contribution is 2.56. The van der Waals surface area contributed by atoms with Gasteiger partial charge >= 0.3 is 5.97 Å². The second-order valence-corrected chi connectivity index (χ2v) is 8.45. The molecule has 0 bridgehead atoms. The Labute approximate surface area is 168 Å². The normalized spacial score (nSPS) is 20.2. The Balaban J connectivity index is 1.44. The van der Waals surface area contributed by atoms with Crippen LogP contribution >= 0.6 is 27.7 Å². The summed E-state index contributed by atoms with van der Waals surface area (Å²) in [6, 6.07) is 14.5. The molecule has 27 heavy (non-hydrogen) atoms. The minimum atomic E-state index is -1.11. The number of nitrogens with zero attached hydrogens (tertiary/aromatic N) is 1. The molecule has 0 saturated carbocycles. The van der Waals surface area contributed by atoms with E-state index in [0.29, 0.717) is 12.1 Å². The molecule has 1 saturated heterocycles. The fourth-order valence-electron chi connectivity index (χ4n) is 3.25. The van der Waals surface area contributed by atoms with E-state index in [2.05, 4.69) is 21.2 Å². The zero-order chi connectivity index (χ0) is 19.0. The topological polar surface area (TPSA) is 75.7 Å². The van der Waals surface area contributed by atoms with Crippen LogP contribution in [0, 0.1) is 0 Å². The molecular weight excluding hydrogens is 432 g/mol. The van der Waals surface area contributed by atoms with Crippen LogP contribution in [-0.4, -0.2) is 29.3 Å². The number of carbonyl (C=O) groups excluding carboxylic acids is 3. The molecule has 2 aliphatic heterocycles. The summed E-state index contributed by atoms with van der Waals surface area (Å²) < 4.78 is 6.19. The van der Waals surface area contributed by atoms with E-state index in [1.54, 1.807) is 24.3 Å². The number of esters is 1. The number of hydrogen-bond acceptors (Lipinski definition) is 5. The summed E-state index contributed by atoms with van der Waals surface area (Å²) in [4.78, 5) is 38.6. The first-order valence-corrected chi connectivity index (χ1v) is 9.94. The summed E-state index contributed by atoms with van der Waals surface area (Å²) in [5.74, 6) is -1.11. The van der Waals surface area contributed by atoms with Crippen molar-refractivity contribution in [1.82, 2.24) is 0 Å². The number of amides is 2. The van der Waals surface area contributed by atoms with Crippen LogP contribution in [-0.2, 0) is 19.1 Å². The lowest BCUT2D eigenvalue weighted by Gasteiger charge is -2.28. The van der Waals surface area contributed by atoms with Gasteiger partial charge in [-0.25, -0.2) is 4.79 Å². The average molecular weight is 447 g/mol. The van der Waals surface area contributed by atoms with Crippen molar-refractivity contribution in [1.29, 1.82) is 0 Å². The van der Waals surface area contributed by atoms with Crippen LogP contribution in [0.3, 0.4) is 0 Å². The van der Waals surface area contributed by atoms with Crippen molar-refractivity contribution >= 4 is 56.9 Å². The maximum Gasteiger partial charge on any atom is 0.344 e. The molecule has 2 heterocycles. The highest BCUT2D eigenvalue weighted by Gasteiger charge is 2.58. The highest BCUT2D eigenvalue weighted by atomic mass is 79.9. The second kappa shape index (κ2) is 7.01. The predicted molar refractivity (Wildman–Crippen MR) is 105 cm³/mol. The van der Waals surface area contributed by atoms with Crippen LogP contribution in [0.1, 0.15) is 12.8 Å². The van der Waals surface area contributed by atoms with Crippen LogP contribution in [0.5, 0.6) is 0 Å². The summed E-state index contributed by atoms with van der Waals surface area (Å²) in [5.41, 5.74) is 1.33. The molecular formula is C19H15BrN2O4S. The van der Waals surface area contributed by atoms with Gasteiger partial charge < -0.3 is 10.1 Å². The summed E-state index contributed by atoms with van der Waals surface area (Å²) >= 11 is 4.64. The van der Waals surface area contributed by atoms with Crippen LogP contribution in [0.2, 0.25) is 0 Å². The van der Waals surface area contributed by atoms with E-state index in [9.17, 15) is 14.4 Å². The number of anilines is 2. The number of thioether (sulfide) groups is 1. The van der Waals surface area contributed by atoms with E-state index >= 15 is 0 Å². The largest absolute Gasteiger partial charge is 0.453 e. The Morgan fingerprint density at radius 3 is 2.70 bits per heavy atom. The van der Waals surface area contributed by atoms with E-state index in [-0.39, 0.29) is 12.3 Å². The molecule has 0 aromatic heterocycles. The van der Waals surface area contributed by atoms with Gasteiger partial charge in [0.25, 0.3) is 5.91 Å². The molecule has 8 heteroatoms. The van der Waals surface area contributed by atoms with E-state index < -0.39 is 23.4 Å². The van der Waals surface area contributed by atoms with Gasteiger partial charge in [-0.1, -0.05) is 39.8 Å². The zero-order valence-corrected chi connectivity index (χ0v) is 16.5. The molecule has 1 N–H and O–H groups in total. The van der Waals surface area contributed by atoms with E-state index in [0.717, 1.165) is 15.1 Å². The number of hydrogen-bond donors (Lipinski definition) is 1.